The summed E-state index contributed by atoms with van der Waals surface area (Å²) in [7, 11) is -2.45. The van der Waals surface area contributed by atoms with Gasteiger partial charge < -0.3 is 10.1 Å². The molecule has 10 nitrogen and oxygen atoms in total. The van der Waals surface area contributed by atoms with E-state index in [1.807, 2.05) is 0 Å². The van der Waals surface area contributed by atoms with Gasteiger partial charge in [-0.25, -0.2) is 28.0 Å². The Morgan fingerprint density at radius 1 is 0.914 bits per heavy atom. The number of aromatic nitrogens is 2. The van der Waals surface area contributed by atoms with Gasteiger partial charge in [-0.2, -0.15) is 0 Å². The molecule has 2 heterocycles. The van der Waals surface area contributed by atoms with Gasteiger partial charge in [-0.15, -0.1) is 0 Å². The molecule has 0 saturated heterocycles. The number of amides is 2. The molecule has 0 fully saturated rings. The fraction of sp³-hybridized carbons (Fsp3) is 0.130. The zero-order valence-electron chi connectivity index (χ0n) is 18.9. The van der Waals surface area contributed by atoms with Crippen molar-refractivity contribution in [1.82, 2.24) is 9.97 Å². The molecule has 12 heteroatoms. The number of hydrogen-bond donors (Lipinski definition) is 2. The summed E-state index contributed by atoms with van der Waals surface area (Å²) in [5.41, 5.74) is 1.82. The molecule has 35 heavy (non-hydrogen) atoms. The number of methoxy groups -OCH3 is 1. The number of aryl methyl sites for hydroxylation is 2. The van der Waals surface area contributed by atoms with E-state index >= 15 is 0 Å². The predicted molar refractivity (Wildman–Crippen MR) is 131 cm³/mol. The van der Waals surface area contributed by atoms with Crippen molar-refractivity contribution in [2.45, 2.75) is 18.7 Å². The second-order valence-corrected chi connectivity index (χ2v) is 9.62. The number of carbonyl (C=O) groups is 2. The number of carbonyl (C=O) groups excluding carboxylic acids is 2. The maximum absolute atomic E-state index is 12.9. The molecule has 3 aromatic rings. The maximum atomic E-state index is 12.9. The number of nitrogens with one attached hydrogen (secondary N) is 2. The Bertz CT molecular complexity index is 1430. The van der Waals surface area contributed by atoms with E-state index in [2.05, 4.69) is 20.0 Å². The molecule has 0 atom stereocenters. The SMILES string of the molecule is COc1ccc(N2C(=O)C(Cl)=C(Nc3ccc(S(=O)(=O)Nc4nc(C)cc(C)n4)cc3)C2=O)cc1. The largest absolute Gasteiger partial charge is 0.497 e. The molecule has 2 aromatic carbocycles. The minimum absolute atomic E-state index is 0.0321. The molecule has 0 radical (unpaired) electrons. The van der Waals surface area contributed by atoms with Crippen molar-refractivity contribution in [2.24, 2.45) is 0 Å². The highest BCUT2D eigenvalue weighted by molar-refractivity contribution is 7.92. The molecule has 180 valence electrons. The van der Waals surface area contributed by atoms with E-state index < -0.39 is 21.8 Å². The Morgan fingerprint density at radius 3 is 2.09 bits per heavy atom. The first-order valence-corrected chi connectivity index (χ1v) is 12.1. The van der Waals surface area contributed by atoms with Crippen LogP contribution in [0.25, 0.3) is 0 Å². The minimum Gasteiger partial charge on any atom is -0.497 e. The van der Waals surface area contributed by atoms with E-state index in [9.17, 15) is 18.0 Å². The first-order chi connectivity index (χ1) is 16.6. The van der Waals surface area contributed by atoms with Crippen molar-refractivity contribution in [3.05, 3.63) is 76.7 Å². The van der Waals surface area contributed by atoms with Gasteiger partial charge in [0.25, 0.3) is 21.8 Å². The van der Waals surface area contributed by atoms with E-state index in [-0.39, 0.29) is 21.6 Å². The summed E-state index contributed by atoms with van der Waals surface area (Å²) in [4.78, 5) is 34.6. The summed E-state index contributed by atoms with van der Waals surface area (Å²) in [6.07, 6.45) is 0. The molecule has 0 spiro atoms. The summed E-state index contributed by atoms with van der Waals surface area (Å²) in [6.45, 7) is 3.47. The average molecular weight is 514 g/mol. The van der Waals surface area contributed by atoms with Gasteiger partial charge in [-0.3, -0.25) is 9.59 Å². The van der Waals surface area contributed by atoms with E-state index in [0.29, 0.717) is 28.5 Å². The average Bonchev–Trinajstić information content (AvgIpc) is 3.01. The standard InChI is InChI=1S/C23H20ClN5O5S/c1-13-12-14(2)26-23(25-13)28-35(32,33)18-10-4-15(5-11-18)27-20-19(24)21(30)29(22(20)31)16-6-8-17(34-3)9-7-16/h4-12,27H,1-3H3,(H,25,26,28). The lowest BCUT2D eigenvalue weighted by molar-refractivity contribution is -0.120. The zero-order valence-corrected chi connectivity index (χ0v) is 20.4. The Labute approximate surface area is 206 Å². The second kappa shape index (κ2) is 9.35. The van der Waals surface area contributed by atoms with E-state index in [4.69, 9.17) is 16.3 Å². The summed E-state index contributed by atoms with van der Waals surface area (Å²) in [5, 5.41) is 2.53. The molecule has 0 bridgehead atoms. The monoisotopic (exact) mass is 513 g/mol. The fourth-order valence-corrected chi connectivity index (χ4v) is 4.55. The molecule has 2 N–H and O–H groups in total. The van der Waals surface area contributed by atoms with E-state index in [1.54, 1.807) is 44.2 Å². The van der Waals surface area contributed by atoms with Crippen molar-refractivity contribution in [3.8, 4) is 5.75 Å². The van der Waals surface area contributed by atoms with Crippen LogP contribution in [-0.2, 0) is 19.6 Å². The van der Waals surface area contributed by atoms with Gasteiger partial charge in [0.1, 0.15) is 16.5 Å². The molecule has 0 unspecified atom stereocenters. The highest BCUT2D eigenvalue weighted by atomic mass is 35.5. The van der Waals surface area contributed by atoms with Crippen LogP contribution in [0.2, 0.25) is 0 Å². The van der Waals surface area contributed by atoms with Gasteiger partial charge in [0.2, 0.25) is 5.95 Å². The Balaban J connectivity index is 1.51. The highest BCUT2D eigenvalue weighted by Crippen LogP contribution is 2.31. The predicted octanol–water partition coefficient (Wildman–Crippen LogP) is 3.34. The summed E-state index contributed by atoms with van der Waals surface area (Å²) in [5.74, 6) is -0.786. The van der Waals surface area contributed by atoms with Crippen LogP contribution >= 0.6 is 11.6 Å². The number of sulfonamides is 1. The normalized spacial score (nSPS) is 13.9. The van der Waals surface area contributed by atoms with Crippen molar-refractivity contribution in [2.75, 3.05) is 22.0 Å². The number of rotatable bonds is 7. The van der Waals surface area contributed by atoms with Crippen LogP contribution in [0.4, 0.5) is 17.3 Å². The fourth-order valence-electron chi connectivity index (χ4n) is 3.39. The molecule has 4 rings (SSSR count). The third kappa shape index (κ3) is 4.96. The Kier molecular flexibility index (Phi) is 6.46. The molecule has 0 saturated carbocycles. The summed E-state index contributed by atoms with van der Waals surface area (Å²) in [6, 6.07) is 13.7. The molecule has 1 aromatic heterocycles. The number of anilines is 3. The molecular formula is C23H20ClN5O5S. The Hall–Kier alpha value is -3.96. The topological polar surface area (TPSA) is 131 Å². The maximum Gasteiger partial charge on any atom is 0.283 e. The lowest BCUT2D eigenvalue weighted by Crippen LogP contribution is -2.32. The lowest BCUT2D eigenvalue weighted by atomic mass is 10.2. The van der Waals surface area contributed by atoms with Gasteiger partial charge in [-0.05, 0) is 68.4 Å². The third-order valence-corrected chi connectivity index (χ3v) is 6.69. The number of halogens is 1. The lowest BCUT2D eigenvalue weighted by Gasteiger charge is -2.15. The van der Waals surface area contributed by atoms with Crippen LogP contribution in [0.15, 0.2) is 70.2 Å². The first-order valence-electron chi connectivity index (χ1n) is 10.2. The van der Waals surface area contributed by atoms with Gasteiger partial charge in [0, 0.05) is 17.1 Å². The number of benzene rings is 2. The highest BCUT2D eigenvalue weighted by Gasteiger charge is 2.39. The molecule has 1 aliphatic rings. The van der Waals surface area contributed by atoms with Crippen molar-refractivity contribution in [3.63, 3.8) is 0 Å². The first kappa shape index (κ1) is 24.2. The quantitative estimate of drug-likeness (QED) is 0.460. The van der Waals surface area contributed by atoms with E-state index in [1.165, 1.54) is 31.4 Å². The van der Waals surface area contributed by atoms with Crippen LogP contribution in [-0.4, -0.2) is 37.3 Å². The van der Waals surface area contributed by atoms with Gasteiger partial charge in [-0.1, -0.05) is 11.6 Å². The van der Waals surface area contributed by atoms with Gasteiger partial charge in [0.15, 0.2) is 0 Å². The molecular weight excluding hydrogens is 494 g/mol. The number of imide groups is 1. The minimum atomic E-state index is -3.95. The smallest absolute Gasteiger partial charge is 0.283 e. The number of nitrogens with zero attached hydrogens (tertiary/aromatic N) is 3. The second-order valence-electron chi connectivity index (χ2n) is 7.56. The Morgan fingerprint density at radius 2 is 1.51 bits per heavy atom. The molecule has 2 amide bonds. The van der Waals surface area contributed by atoms with Crippen molar-refractivity contribution in [1.29, 1.82) is 0 Å². The van der Waals surface area contributed by atoms with Crippen LogP contribution in [0.5, 0.6) is 5.75 Å². The molecule has 0 aliphatic carbocycles. The summed E-state index contributed by atoms with van der Waals surface area (Å²) < 4.78 is 32.9. The van der Waals surface area contributed by atoms with Crippen molar-refractivity contribution < 1.29 is 22.7 Å². The van der Waals surface area contributed by atoms with Gasteiger partial charge in [0.05, 0.1) is 17.7 Å². The molecule has 1 aliphatic heterocycles. The van der Waals surface area contributed by atoms with Crippen LogP contribution in [0, 0.1) is 13.8 Å². The number of hydrogen-bond acceptors (Lipinski definition) is 8. The summed E-state index contributed by atoms with van der Waals surface area (Å²) >= 11 is 6.16. The van der Waals surface area contributed by atoms with Crippen LogP contribution in [0.1, 0.15) is 11.4 Å². The zero-order chi connectivity index (χ0) is 25.3. The van der Waals surface area contributed by atoms with Gasteiger partial charge >= 0.3 is 0 Å². The number of ether oxygens (including phenoxy) is 1. The van der Waals surface area contributed by atoms with Crippen LogP contribution < -0.4 is 19.7 Å². The van der Waals surface area contributed by atoms with E-state index in [0.717, 1.165) is 4.90 Å². The third-order valence-electron chi connectivity index (χ3n) is 5.00. The van der Waals surface area contributed by atoms with Crippen molar-refractivity contribution >= 4 is 50.8 Å². The van der Waals surface area contributed by atoms with Crippen LogP contribution in [0.3, 0.4) is 0 Å².